The second kappa shape index (κ2) is 6.14. The molecular weight excluding hydrogens is 324 g/mol. The smallest absolute Gasteiger partial charge is 0.268 e. The van der Waals surface area contributed by atoms with Gasteiger partial charge in [-0.3, -0.25) is 4.79 Å². The lowest BCUT2D eigenvalue weighted by atomic mass is 9.88. The van der Waals surface area contributed by atoms with Crippen LogP contribution in [-0.4, -0.2) is 11.0 Å². The molecule has 0 bridgehead atoms. The molecule has 26 heavy (non-hydrogen) atoms. The quantitative estimate of drug-likeness (QED) is 0.795. The summed E-state index contributed by atoms with van der Waals surface area (Å²) in [5, 5.41) is 20.5. The average Bonchev–Trinajstić information content (AvgIpc) is 2.92. The minimum absolute atomic E-state index is 0.292. The van der Waals surface area contributed by atoms with Crippen LogP contribution in [-0.2, 0) is 16.9 Å². The maximum atomic E-state index is 13.3. The van der Waals surface area contributed by atoms with Gasteiger partial charge in [0.25, 0.3) is 5.91 Å². The largest absolute Gasteiger partial charge is 0.372 e. The number of aliphatic hydroxyl groups is 1. The Balaban J connectivity index is 1.80. The fourth-order valence-electron chi connectivity index (χ4n) is 3.47. The molecule has 0 aromatic heterocycles. The predicted octanol–water partition coefficient (Wildman–Crippen LogP) is 3.34. The summed E-state index contributed by atoms with van der Waals surface area (Å²) in [6.45, 7) is 0.292. The predicted molar refractivity (Wildman–Crippen MR) is 98.2 cm³/mol. The molecule has 0 radical (unpaired) electrons. The van der Waals surface area contributed by atoms with Gasteiger partial charge in [0.2, 0.25) is 0 Å². The van der Waals surface area contributed by atoms with Gasteiger partial charge in [0, 0.05) is 5.56 Å². The summed E-state index contributed by atoms with van der Waals surface area (Å²) in [4.78, 5) is 14.8. The first kappa shape index (κ1) is 16.1. The molecule has 1 aliphatic heterocycles. The van der Waals surface area contributed by atoms with Crippen LogP contribution in [0.2, 0.25) is 0 Å². The maximum absolute atomic E-state index is 13.3. The van der Waals surface area contributed by atoms with Crippen LogP contribution in [0.15, 0.2) is 78.9 Å². The Labute approximate surface area is 151 Å². The van der Waals surface area contributed by atoms with Crippen LogP contribution in [0.25, 0.3) is 0 Å². The molecule has 4 rings (SSSR count). The molecular formula is C22H16N2O2. The molecule has 0 saturated carbocycles. The number of carbonyl (C=O) groups excluding carboxylic acids is 1. The lowest BCUT2D eigenvalue weighted by Crippen LogP contribution is -2.40. The molecule has 0 fully saturated rings. The molecule has 0 saturated heterocycles. The number of amides is 1. The second-order valence-corrected chi connectivity index (χ2v) is 6.30. The number of rotatable bonds is 3. The standard InChI is InChI=1S/C22H16N2O2/c23-14-16-7-6-8-17(13-16)15-24-20-12-5-4-11-19(20)22(26,21(24)25)18-9-2-1-3-10-18/h1-13,26H,15H2. The average molecular weight is 340 g/mol. The Morgan fingerprint density at radius 3 is 2.46 bits per heavy atom. The van der Waals surface area contributed by atoms with Crippen LogP contribution < -0.4 is 4.90 Å². The number of nitrogens with zero attached hydrogens (tertiary/aromatic N) is 2. The minimum Gasteiger partial charge on any atom is -0.372 e. The lowest BCUT2D eigenvalue weighted by Gasteiger charge is -2.23. The van der Waals surface area contributed by atoms with Crippen molar-refractivity contribution in [1.82, 2.24) is 0 Å². The van der Waals surface area contributed by atoms with Crippen LogP contribution >= 0.6 is 0 Å². The first-order valence-electron chi connectivity index (χ1n) is 8.33. The van der Waals surface area contributed by atoms with E-state index in [0.717, 1.165) is 5.56 Å². The highest BCUT2D eigenvalue weighted by Crippen LogP contribution is 2.44. The first-order valence-corrected chi connectivity index (χ1v) is 8.33. The zero-order valence-corrected chi connectivity index (χ0v) is 14.0. The Morgan fingerprint density at radius 2 is 1.69 bits per heavy atom. The molecule has 4 heteroatoms. The van der Waals surface area contributed by atoms with E-state index in [4.69, 9.17) is 5.26 Å². The summed E-state index contributed by atoms with van der Waals surface area (Å²) in [5.41, 5.74) is 1.49. The maximum Gasteiger partial charge on any atom is 0.268 e. The fourth-order valence-corrected chi connectivity index (χ4v) is 3.47. The second-order valence-electron chi connectivity index (χ2n) is 6.30. The van der Waals surface area contributed by atoms with Crippen LogP contribution in [0.4, 0.5) is 5.69 Å². The van der Waals surface area contributed by atoms with E-state index in [1.165, 1.54) is 0 Å². The highest BCUT2D eigenvalue weighted by Gasteiger charge is 2.50. The molecule has 0 spiro atoms. The topological polar surface area (TPSA) is 64.3 Å². The van der Waals surface area contributed by atoms with Crippen LogP contribution in [0.5, 0.6) is 0 Å². The SMILES string of the molecule is N#Cc1cccc(CN2C(=O)C(O)(c3ccccc3)c3ccccc32)c1. The summed E-state index contributed by atoms with van der Waals surface area (Å²) in [6, 6.07) is 25.5. The summed E-state index contributed by atoms with van der Waals surface area (Å²) in [7, 11) is 0. The summed E-state index contributed by atoms with van der Waals surface area (Å²) >= 11 is 0. The molecule has 0 aliphatic carbocycles. The summed E-state index contributed by atoms with van der Waals surface area (Å²) in [5.74, 6) is -0.382. The van der Waals surface area contributed by atoms with Gasteiger partial charge in [0.15, 0.2) is 5.60 Å². The Kier molecular flexibility index (Phi) is 3.80. The van der Waals surface area contributed by atoms with Crippen molar-refractivity contribution in [3.63, 3.8) is 0 Å². The highest BCUT2D eigenvalue weighted by atomic mass is 16.3. The minimum atomic E-state index is -1.70. The van der Waals surface area contributed by atoms with Gasteiger partial charge in [0.1, 0.15) is 0 Å². The summed E-state index contributed by atoms with van der Waals surface area (Å²) in [6.07, 6.45) is 0. The molecule has 3 aromatic rings. The van der Waals surface area contributed by atoms with Gasteiger partial charge >= 0.3 is 0 Å². The van der Waals surface area contributed by atoms with Crippen molar-refractivity contribution in [3.8, 4) is 6.07 Å². The van der Waals surface area contributed by atoms with Gasteiger partial charge in [-0.05, 0) is 29.3 Å². The molecule has 1 unspecified atom stereocenters. The van der Waals surface area contributed by atoms with Crippen molar-refractivity contribution in [2.75, 3.05) is 4.90 Å². The third-order valence-electron chi connectivity index (χ3n) is 4.73. The Bertz CT molecular complexity index is 1020. The Hall–Kier alpha value is -3.42. The number of carbonyl (C=O) groups is 1. The van der Waals surface area contributed by atoms with Crippen molar-refractivity contribution < 1.29 is 9.90 Å². The van der Waals surface area contributed by atoms with Crippen LogP contribution in [0, 0.1) is 11.3 Å². The normalized spacial score (nSPS) is 18.5. The molecule has 1 heterocycles. The number of hydrogen-bond acceptors (Lipinski definition) is 3. The molecule has 1 N–H and O–H groups in total. The zero-order valence-electron chi connectivity index (χ0n) is 14.0. The number of anilines is 1. The molecule has 1 aliphatic rings. The van der Waals surface area contributed by atoms with Crippen molar-refractivity contribution in [2.24, 2.45) is 0 Å². The lowest BCUT2D eigenvalue weighted by molar-refractivity contribution is -0.132. The zero-order chi connectivity index (χ0) is 18.1. The first-order chi connectivity index (χ1) is 12.6. The van der Waals surface area contributed by atoms with E-state index in [9.17, 15) is 9.90 Å². The van der Waals surface area contributed by atoms with E-state index in [2.05, 4.69) is 6.07 Å². The number of para-hydroxylation sites is 1. The third-order valence-corrected chi connectivity index (χ3v) is 4.73. The monoisotopic (exact) mass is 340 g/mol. The third kappa shape index (κ3) is 2.38. The number of hydrogen-bond donors (Lipinski definition) is 1. The van der Waals surface area contributed by atoms with E-state index >= 15 is 0 Å². The van der Waals surface area contributed by atoms with Gasteiger partial charge in [-0.15, -0.1) is 0 Å². The molecule has 126 valence electrons. The van der Waals surface area contributed by atoms with Crippen LogP contribution in [0.3, 0.4) is 0 Å². The van der Waals surface area contributed by atoms with Gasteiger partial charge < -0.3 is 10.0 Å². The van der Waals surface area contributed by atoms with E-state index in [1.54, 1.807) is 41.3 Å². The van der Waals surface area contributed by atoms with Gasteiger partial charge in [-0.2, -0.15) is 5.26 Å². The number of fused-ring (bicyclic) bond motifs is 1. The van der Waals surface area contributed by atoms with E-state index in [1.807, 2.05) is 42.5 Å². The van der Waals surface area contributed by atoms with E-state index in [-0.39, 0.29) is 5.91 Å². The number of benzene rings is 3. The van der Waals surface area contributed by atoms with Crippen molar-refractivity contribution >= 4 is 11.6 Å². The van der Waals surface area contributed by atoms with Gasteiger partial charge in [-0.25, -0.2) is 0 Å². The Morgan fingerprint density at radius 1 is 0.962 bits per heavy atom. The fraction of sp³-hybridized carbons (Fsp3) is 0.0909. The molecule has 3 aromatic carbocycles. The number of nitriles is 1. The van der Waals surface area contributed by atoms with E-state index < -0.39 is 5.60 Å². The van der Waals surface area contributed by atoms with Gasteiger partial charge in [-0.1, -0.05) is 60.7 Å². The van der Waals surface area contributed by atoms with Crippen molar-refractivity contribution in [3.05, 3.63) is 101 Å². The highest BCUT2D eigenvalue weighted by molar-refractivity contribution is 6.09. The van der Waals surface area contributed by atoms with Crippen molar-refractivity contribution in [1.29, 1.82) is 5.26 Å². The van der Waals surface area contributed by atoms with Crippen LogP contribution in [0.1, 0.15) is 22.3 Å². The molecule has 4 nitrogen and oxygen atoms in total. The molecule has 1 amide bonds. The van der Waals surface area contributed by atoms with E-state index in [0.29, 0.717) is 28.9 Å². The van der Waals surface area contributed by atoms with Crippen molar-refractivity contribution in [2.45, 2.75) is 12.1 Å². The van der Waals surface area contributed by atoms with Gasteiger partial charge in [0.05, 0.1) is 23.9 Å². The molecule has 1 atom stereocenters. The summed E-state index contributed by atoms with van der Waals surface area (Å²) < 4.78 is 0.